The van der Waals surface area contributed by atoms with E-state index in [0.29, 0.717) is 36.6 Å². The minimum atomic E-state index is -0.925. The highest BCUT2D eigenvalue weighted by atomic mass is 19.1. The predicted molar refractivity (Wildman–Crippen MR) is 113 cm³/mol. The average molecular weight is 431 g/mol. The Hall–Kier alpha value is -3.03. The standard InChI is InChI=1S/C23H27F2N3O3/c24-17-10-11-18(19(25)14-17)23(30)27-13-5-9-21(29)28-22-20(8-4-12-26-22)31-15-16-6-2-1-3-7-16/h4,8,10-12,14,16H,1-3,5-7,9,13,15H2,(H,27,30)(H,26,28,29). The fourth-order valence-electron chi connectivity index (χ4n) is 3.58. The van der Waals surface area contributed by atoms with Crippen LogP contribution in [0.2, 0.25) is 0 Å². The van der Waals surface area contributed by atoms with Gasteiger partial charge in [-0.05, 0) is 49.4 Å². The Balaban J connectivity index is 1.41. The molecule has 1 aromatic carbocycles. The van der Waals surface area contributed by atoms with Gasteiger partial charge in [-0.3, -0.25) is 9.59 Å². The second-order valence-corrected chi connectivity index (χ2v) is 7.70. The van der Waals surface area contributed by atoms with Crippen molar-refractivity contribution in [2.75, 3.05) is 18.5 Å². The first-order valence-electron chi connectivity index (χ1n) is 10.6. The monoisotopic (exact) mass is 431 g/mol. The number of anilines is 1. The summed E-state index contributed by atoms with van der Waals surface area (Å²) in [6.07, 6.45) is 8.15. The summed E-state index contributed by atoms with van der Waals surface area (Å²) in [7, 11) is 0. The minimum absolute atomic E-state index is 0.144. The minimum Gasteiger partial charge on any atom is -0.489 e. The largest absolute Gasteiger partial charge is 0.489 e. The van der Waals surface area contributed by atoms with Crippen molar-refractivity contribution >= 4 is 17.6 Å². The van der Waals surface area contributed by atoms with Crippen LogP contribution in [0, 0.1) is 17.6 Å². The normalized spacial score (nSPS) is 14.1. The SMILES string of the molecule is O=C(CCCNC(=O)c1ccc(F)cc1F)Nc1ncccc1OCC1CCCCC1. The van der Waals surface area contributed by atoms with Crippen molar-refractivity contribution in [3.05, 3.63) is 53.7 Å². The van der Waals surface area contributed by atoms with E-state index in [-0.39, 0.29) is 24.4 Å². The van der Waals surface area contributed by atoms with Gasteiger partial charge in [0.15, 0.2) is 11.6 Å². The quantitative estimate of drug-likeness (QED) is 0.574. The summed E-state index contributed by atoms with van der Waals surface area (Å²) in [5.74, 6) is -1.13. The molecule has 1 aliphatic rings. The lowest BCUT2D eigenvalue weighted by Crippen LogP contribution is -2.26. The topological polar surface area (TPSA) is 80.3 Å². The molecule has 0 radical (unpaired) electrons. The number of nitrogens with one attached hydrogen (secondary N) is 2. The molecule has 166 valence electrons. The third-order valence-corrected chi connectivity index (χ3v) is 5.27. The second kappa shape index (κ2) is 11.4. The Kier molecular flexibility index (Phi) is 8.32. The van der Waals surface area contributed by atoms with Crippen LogP contribution < -0.4 is 15.4 Å². The number of carbonyl (C=O) groups is 2. The van der Waals surface area contributed by atoms with Gasteiger partial charge < -0.3 is 15.4 Å². The molecule has 0 spiro atoms. The van der Waals surface area contributed by atoms with Gasteiger partial charge in [0.1, 0.15) is 11.6 Å². The lowest BCUT2D eigenvalue weighted by Gasteiger charge is -2.22. The summed E-state index contributed by atoms with van der Waals surface area (Å²) in [5.41, 5.74) is -0.237. The van der Waals surface area contributed by atoms with E-state index in [9.17, 15) is 18.4 Å². The van der Waals surface area contributed by atoms with Crippen LogP contribution in [-0.4, -0.2) is 29.9 Å². The smallest absolute Gasteiger partial charge is 0.254 e. The van der Waals surface area contributed by atoms with Crippen molar-refractivity contribution < 1.29 is 23.1 Å². The van der Waals surface area contributed by atoms with E-state index in [0.717, 1.165) is 25.0 Å². The van der Waals surface area contributed by atoms with Crippen LogP contribution in [-0.2, 0) is 4.79 Å². The first kappa shape index (κ1) is 22.7. The van der Waals surface area contributed by atoms with Crippen LogP contribution in [0.3, 0.4) is 0 Å². The van der Waals surface area contributed by atoms with Gasteiger partial charge in [0.2, 0.25) is 5.91 Å². The number of benzene rings is 1. The Morgan fingerprint density at radius 2 is 1.94 bits per heavy atom. The summed E-state index contributed by atoms with van der Waals surface area (Å²) in [4.78, 5) is 28.4. The Morgan fingerprint density at radius 3 is 2.71 bits per heavy atom. The van der Waals surface area contributed by atoms with E-state index < -0.39 is 17.5 Å². The molecule has 0 bridgehead atoms. The third-order valence-electron chi connectivity index (χ3n) is 5.27. The summed E-state index contributed by atoms with van der Waals surface area (Å²) in [5, 5.41) is 5.27. The maximum atomic E-state index is 13.6. The summed E-state index contributed by atoms with van der Waals surface area (Å²) < 4.78 is 32.4. The number of aromatic nitrogens is 1. The Morgan fingerprint density at radius 1 is 1.13 bits per heavy atom. The molecule has 2 amide bonds. The number of rotatable bonds is 9. The molecule has 1 saturated carbocycles. The number of pyridine rings is 1. The van der Waals surface area contributed by atoms with E-state index in [2.05, 4.69) is 15.6 Å². The van der Waals surface area contributed by atoms with Crippen molar-refractivity contribution in [1.82, 2.24) is 10.3 Å². The molecule has 8 heteroatoms. The first-order chi connectivity index (χ1) is 15.0. The van der Waals surface area contributed by atoms with Gasteiger partial charge in [0, 0.05) is 25.2 Å². The molecule has 1 fully saturated rings. The second-order valence-electron chi connectivity index (χ2n) is 7.70. The molecule has 1 aliphatic carbocycles. The molecule has 3 rings (SSSR count). The molecule has 0 saturated heterocycles. The summed E-state index contributed by atoms with van der Waals surface area (Å²) in [6.45, 7) is 0.789. The highest BCUT2D eigenvalue weighted by molar-refractivity contribution is 5.94. The zero-order valence-corrected chi connectivity index (χ0v) is 17.3. The molecule has 0 atom stereocenters. The first-order valence-corrected chi connectivity index (χ1v) is 10.6. The predicted octanol–water partition coefficient (Wildman–Crippen LogP) is 4.47. The van der Waals surface area contributed by atoms with Crippen molar-refractivity contribution in [2.24, 2.45) is 5.92 Å². The number of carbonyl (C=O) groups excluding carboxylic acids is 2. The number of halogens is 2. The van der Waals surface area contributed by atoms with E-state index >= 15 is 0 Å². The molecule has 0 aliphatic heterocycles. The summed E-state index contributed by atoms with van der Waals surface area (Å²) >= 11 is 0. The molecule has 6 nitrogen and oxygen atoms in total. The average Bonchev–Trinajstić information content (AvgIpc) is 2.76. The number of amides is 2. The lowest BCUT2D eigenvalue weighted by atomic mass is 9.90. The third kappa shape index (κ3) is 7.01. The number of hydrogen-bond acceptors (Lipinski definition) is 4. The lowest BCUT2D eigenvalue weighted by molar-refractivity contribution is -0.116. The summed E-state index contributed by atoms with van der Waals surface area (Å²) in [6, 6.07) is 6.30. The van der Waals surface area contributed by atoms with Gasteiger partial charge in [-0.1, -0.05) is 19.3 Å². The molecule has 1 aromatic heterocycles. The molecular weight excluding hydrogens is 404 g/mol. The fourth-order valence-corrected chi connectivity index (χ4v) is 3.58. The van der Waals surface area contributed by atoms with Crippen LogP contribution in [0.4, 0.5) is 14.6 Å². The maximum absolute atomic E-state index is 13.6. The number of hydrogen-bond donors (Lipinski definition) is 2. The van der Waals surface area contributed by atoms with Crippen LogP contribution >= 0.6 is 0 Å². The highest BCUT2D eigenvalue weighted by Crippen LogP contribution is 2.27. The molecular formula is C23H27F2N3O3. The van der Waals surface area contributed by atoms with Crippen molar-refractivity contribution in [1.29, 1.82) is 0 Å². The van der Waals surface area contributed by atoms with Crippen LogP contribution in [0.25, 0.3) is 0 Å². The molecule has 0 unspecified atom stereocenters. The zero-order chi connectivity index (χ0) is 22.1. The highest BCUT2D eigenvalue weighted by Gasteiger charge is 2.16. The van der Waals surface area contributed by atoms with Crippen molar-refractivity contribution in [3.63, 3.8) is 0 Å². The van der Waals surface area contributed by atoms with Crippen LogP contribution in [0.5, 0.6) is 5.75 Å². The fraction of sp³-hybridized carbons (Fsp3) is 0.435. The van der Waals surface area contributed by atoms with Crippen LogP contribution in [0.15, 0.2) is 36.5 Å². The van der Waals surface area contributed by atoms with E-state index in [1.54, 1.807) is 18.3 Å². The van der Waals surface area contributed by atoms with E-state index in [1.807, 2.05) is 0 Å². The maximum Gasteiger partial charge on any atom is 0.254 e. The van der Waals surface area contributed by atoms with Crippen molar-refractivity contribution in [2.45, 2.75) is 44.9 Å². The Labute approximate surface area is 180 Å². The number of ether oxygens (including phenoxy) is 1. The molecule has 31 heavy (non-hydrogen) atoms. The van der Waals surface area contributed by atoms with Gasteiger partial charge >= 0.3 is 0 Å². The van der Waals surface area contributed by atoms with Crippen LogP contribution in [0.1, 0.15) is 55.3 Å². The van der Waals surface area contributed by atoms with E-state index in [4.69, 9.17) is 4.74 Å². The van der Waals surface area contributed by atoms with Gasteiger partial charge in [-0.25, -0.2) is 13.8 Å². The molecule has 1 heterocycles. The molecule has 2 N–H and O–H groups in total. The number of nitrogens with zero attached hydrogens (tertiary/aromatic N) is 1. The molecule has 2 aromatic rings. The van der Waals surface area contributed by atoms with Gasteiger partial charge in [0.25, 0.3) is 5.91 Å². The van der Waals surface area contributed by atoms with Gasteiger partial charge in [-0.2, -0.15) is 0 Å². The van der Waals surface area contributed by atoms with Gasteiger partial charge in [0.05, 0.1) is 12.2 Å². The zero-order valence-electron chi connectivity index (χ0n) is 17.3. The van der Waals surface area contributed by atoms with Crippen molar-refractivity contribution in [3.8, 4) is 5.75 Å². The van der Waals surface area contributed by atoms with E-state index in [1.165, 1.54) is 19.3 Å². The Bertz CT molecular complexity index is 901. The van der Waals surface area contributed by atoms with Gasteiger partial charge in [-0.15, -0.1) is 0 Å².